The Morgan fingerprint density at radius 1 is 1.26 bits per heavy atom. The maximum atomic E-state index is 12.0. The number of hydrogen-bond donors (Lipinski definition) is 1. The van der Waals surface area contributed by atoms with E-state index in [0.717, 1.165) is 32.0 Å². The summed E-state index contributed by atoms with van der Waals surface area (Å²) in [7, 11) is 0. The van der Waals surface area contributed by atoms with Crippen LogP contribution in [0.4, 0.5) is 11.4 Å². The number of nitrogens with zero attached hydrogens (tertiary/aromatic N) is 1. The molecule has 0 bridgehead atoms. The number of morpholine rings is 1. The Balaban J connectivity index is 1.87. The van der Waals surface area contributed by atoms with E-state index in [2.05, 4.69) is 10.2 Å². The molecule has 1 aliphatic heterocycles. The third-order valence-electron chi connectivity index (χ3n) is 3.64. The molecule has 0 aromatic heterocycles. The van der Waals surface area contributed by atoms with E-state index in [1.54, 1.807) is 6.92 Å². The summed E-state index contributed by atoms with van der Waals surface area (Å²) in [4.78, 5) is 25.7. The van der Waals surface area contributed by atoms with Crippen molar-refractivity contribution in [3.05, 3.63) is 24.3 Å². The van der Waals surface area contributed by atoms with Gasteiger partial charge in [-0.15, -0.1) is 0 Å². The summed E-state index contributed by atoms with van der Waals surface area (Å²) < 4.78 is 10.4. The van der Waals surface area contributed by atoms with Crippen molar-refractivity contribution in [2.75, 3.05) is 36.5 Å². The van der Waals surface area contributed by atoms with E-state index in [-0.39, 0.29) is 11.9 Å². The molecule has 1 aromatic rings. The van der Waals surface area contributed by atoms with Crippen LogP contribution in [0, 0.1) is 0 Å². The zero-order valence-electron chi connectivity index (χ0n) is 13.7. The van der Waals surface area contributed by atoms with Gasteiger partial charge in [-0.05, 0) is 37.6 Å². The third-order valence-corrected chi connectivity index (χ3v) is 3.64. The average molecular weight is 320 g/mol. The van der Waals surface area contributed by atoms with Crippen LogP contribution in [0.3, 0.4) is 0 Å². The van der Waals surface area contributed by atoms with Gasteiger partial charge in [0.25, 0.3) is 5.91 Å². The molecule has 1 fully saturated rings. The summed E-state index contributed by atoms with van der Waals surface area (Å²) >= 11 is 0. The predicted molar refractivity (Wildman–Crippen MR) is 88.6 cm³/mol. The van der Waals surface area contributed by atoms with E-state index in [1.165, 1.54) is 0 Å². The first-order chi connectivity index (χ1) is 11.1. The molecule has 1 aromatic carbocycles. The van der Waals surface area contributed by atoms with Gasteiger partial charge in [0.15, 0.2) is 6.10 Å². The lowest BCUT2D eigenvalue weighted by atomic mass is 10.2. The fourth-order valence-corrected chi connectivity index (χ4v) is 2.33. The van der Waals surface area contributed by atoms with Crippen molar-refractivity contribution in [2.45, 2.75) is 32.8 Å². The Morgan fingerprint density at radius 3 is 2.52 bits per heavy atom. The number of carbonyl (C=O) groups excluding carboxylic acids is 2. The second-order valence-electron chi connectivity index (χ2n) is 5.52. The molecule has 1 heterocycles. The molecule has 1 aliphatic rings. The van der Waals surface area contributed by atoms with Crippen LogP contribution in [0.1, 0.15) is 26.7 Å². The fourth-order valence-electron chi connectivity index (χ4n) is 2.33. The minimum Gasteiger partial charge on any atom is -0.453 e. The van der Waals surface area contributed by atoms with E-state index in [1.807, 2.05) is 31.2 Å². The summed E-state index contributed by atoms with van der Waals surface area (Å²) in [5.74, 6) is -0.675. The van der Waals surface area contributed by atoms with E-state index >= 15 is 0 Å². The molecule has 1 saturated heterocycles. The predicted octanol–water partition coefficient (Wildman–Crippen LogP) is 2.19. The van der Waals surface area contributed by atoms with Crippen molar-refractivity contribution in [3.8, 4) is 0 Å². The third kappa shape index (κ3) is 5.25. The lowest BCUT2D eigenvalue weighted by molar-refractivity contribution is -0.153. The molecular weight excluding hydrogens is 296 g/mol. The number of rotatable bonds is 6. The summed E-state index contributed by atoms with van der Waals surface area (Å²) in [6, 6.07) is 7.63. The van der Waals surface area contributed by atoms with Gasteiger partial charge < -0.3 is 19.7 Å². The average Bonchev–Trinajstić information content (AvgIpc) is 2.56. The van der Waals surface area contributed by atoms with Crippen LogP contribution in [0.25, 0.3) is 0 Å². The number of ether oxygens (including phenoxy) is 2. The van der Waals surface area contributed by atoms with Gasteiger partial charge in [-0.3, -0.25) is 9.59 Å². The highest BCUT2D eigenvalue weighted by Crippen LogP contribution is 2.19. The van der Waals surface area contributed by atoms with Crippen LogP contribution in [0.5, 0.6) is 0 Å². The number of amides is 1. The Morgan fingerprint density at radius 2 is 1.91 bits per heavy atom. The Bertz CT molecular complexity index is 524. The van der Waals surface area contributed by atoms with Gasteiger partial charge in [0.2, 0.25) is 0 Å². The summed E-state index contributed by atoms with van der Waals surface area (Å²) in [5.41, 5.74) is 1.79. The smallest absolute Gasteiger partial charge is 0.306 e. The molecule has 0 saturated carbocycles. The number of anilines is 2. The van der Waals surface area contributed by atoms with Crippen LogP contribution in [-0.2, 0) is 19.1 Å². The van der Waals surface area contributed by atoms with Gasteiger partial charge >= 0.3 is 5.97 Å². The summed E-state index contributed by atoms with van der Waals surface area (Å²) in [6.45, 7) is 6.68. The molecule has 0 spiro atoms. The molecule has 6 nitrogen and oxygen atoms in total. The number of hydrogen-bond acceptors (Lipinski definition) is 5. The SMILES string of the molecule is CCCC(=O)O[C@H](C)C(=O)Nc1ccc(N2CCOCC2)cc1. The molecule has 0 radical (unpaired) electrons. The Kier molecular flexibility index (Phi) is 6.40. The molecule has 6 heteroatoms. The number of benzene rings is 1. The van der Waals surface area contributed by atoms with Gasteiger partial charge in [-0.1, -0.05) is 6.92 Å². The van der Waals surface area contributed by atoms with Gasteiger partial charge in [0.1, 0.15) is 0 Å². The maximum Gasteiger partial charge on any atom is 0.306 e. The minimum absolute atomic E-state index is 0.325. The zero-order chi connectivity index (χ0) is 16.7. The van der Waals surface area contributed by atoms with Crippen molar-refractivity contribution in [1.82, 2.24) is 0 Å². The van der Waals surface area contributed by atoms with Crippen LogP contribution < -0.4 is 10.2 Å². The quantitative estimate of drug-likeness (QED) is 0.814. The van der Waals surface area contributed by atoms with E-state index in [4.69, 9.17) is 9.47 Å². The number of carbonyl (C=O) groups is 2. The van der Waals surface area contributed by atoms with Gasteiger partial charge in [0.05, 0.1) is 13.2 Å². The van der Waals surface area contributed by atoms with Crippen LogP contribution in [0.15, 0.2) is 24.3 Å². The Hall–Kier alpha value is -2.08. The molecule has 126 valence electrons. The monoisotopic (exact) mass is 320 g/mol. The molecule has 1 atom stereocenters. The highest BCUT2D eigenvalue weighted by Gasteiger charge is 2.17. The topological polar surface area (TPSA) is 67.9 Å². The highest BCUT2D eigenvalue weighted by atomic mass is 16.5. The summed E-state index contributed by atoms with van der Waals surface area (Å²) in [5, 5.41) is 2.76. The largest absolute Gasteiger partial charge is 0.453 e. The molecule has 1 N–H and O–H groups in total. The minimum atomic E-state index is -0.798. The molecule has 0 aliphatic carbocycles. The normalized spacial score (nSPS) is 15.8. The molecule has 2 rings (SSSR count). The van der Waals surface area contributed by atoms with Crippen molar-refractivity contribution in [2.24, 2.45) is 0 Å². The van der Waals surface area contributed by atoms with Crippen LogP contribution in [0.2, 0.25) is 0 Å². The standard InChI is InChI=1S/C17H24N2O4/c1-3-4-16(20)23-13(2)17(21)18-14-5-7-15(8-6-14)19-9-11-22-12-10-19/h5-8,13H,3-4,9-12H2,1-2H3,(H,18,21)/t13-/m1/s1. The highest BCUT2D eigenvalue weighted by molar-refractivity contribution is 5.95. The van der Waals surface area contributed by atoms with Crippen molar-refractivity contribution in [1.29, 1.82) is 0 Å². The lowest BCUT2D eigenvalue weighted by Gasteiger charge is -2.28. The molecular formula is C17H24N2O4. The van der Waals surface area contributed by atoms with Crippen LogP contribution >= 0.6 is 0 Å². The van der Waals surface area contributed by atoms with E-state index < -0.39 is 6.10 Å². The first-order valence-corrected chi connectivity index (χ1v) is 8.03. The van der Waals surface area contributed by atoms with Gasteiger partial charge in [0, 0.05) is 30.9 Å². The first kappa shape index (κ1) is 17.3. The molecule has 0 unspecified atom stereocenters. The first-order valence-electron chi connectivity index (χ1n) is 8.03. The molecule has 23 heavy (non-hydrogen) atoms. The van der Waals surface area contributed by atoms with Gasteiger partial charge in [-0.2, -0.15) is 0 Å². The van der Waals surface area contributed by atoms with Crippen molar-refractivity contribution >= 4 is 23.3 Å². The summed E-state index contributed by atoms with van der Waals surface area (Å²) in [6.07, 6.45) is 0.232. The van der Waals surface area contributed by atoms with E-state index in [0.29, 0.717) is 18.5 Å². The molecule has 1 amide bonds. The van der Waals surface area contributed by atoms with Crippen molar-refractivity contribution in [3.63, 3.8) is 0 Å². The number of nitrogens with one attached hydrogen (secondary N) is 1. The second kappa shape index (κ2) is 8.53. The Labute approximate surface area is 136 Å². The van der Waals surface area contributed by atoms with Crippen molar-refractivity contribution < 1.29 is 19.1 Å². The number of esters is 1. The van der Waals surface area contributed by atoms with Crippen LogP contribution in [-0.4, -0.2) is 44.3 Å². The van der Waals surface area contributed by atoms with E-state index in [9.17, 15) is 9.59 Å². The lowest BCUT2D eigenvalue weighted by Crippen LogP contribution is -2.36. The van der Waals surface area contributed by atoms with Gasteiger partial charge in [-0.25, -0.2) is 0 Å². The maximum absolute atomic E-state index is 12.0. The fraction of sp³-hybridized carbons (Fsp3) is 0.529. The zero-order valence-corrected chi connectivity index (χ0v) is 13.7. The second-order valence-corrected chi connectivity index (χ2v) is 5.52.